The van der Waals surface area contributed by atoms with Crippen molar-refractivity contribution in [1.29, 1.82) is 0 Å². The number of aromatic carboxylic acids is 1. The zero-order chi connectivity index (χ0) is 7.56. The average molecular weight is 201 g/mol. The van der Waals surface area contributed by atoms with Crippen LogP contribution in [0.5, 0.6) is 0 Å². The van der Waals surface area contributed by atoms with Crippen molar-refractivity contribution in [2.45, 2.75) is 6.92 Å². The maximum atomic E-state index is 10.3. The fourth-order valence-electron chi connectivity index (χ4n) is 0.662. The van der Waals surface area contributed by atoms with Crippen molar-refractivity contribution in [3.63, 3.8) is 0 Å². The van der Waals surface area contributed by atoms with Crippen LogP contribution < -0.4 is 0 Å². The maximum absolute atomic E-state index is 10.3. The number of nitrogens with zero attached hydrogens (tertiary/aromatic N) is 1. The first-order chi connectivity index (χ1) is 4.70. The molecule has 61 valence electrons. The van der Waals surface area contributed by atoms with Crippen LogP contribution in [-0.2, 0) is 17.1 Å². The van der Waals surface area contributed by atoms with Crippen molar-refractivity contribution < 1.29 is 27.0 Å². The van der Waals surface area contributed by atoms with Gasteiger partial charge in [-0.2, -0.15) is 0 Å². The van der Waals surface area contributed by atoms with E-state index >= 15 is 0 Å². The molecule has 0 saturated heterocycles. The number of hydrogen-bond acceptors (Lipinski definition) is 2. The number of hydrogen-bond donors (Lipinski definition) is 1. The van der Waals surface area contributed by atoms with Crippen molar-refractivity contribution in [3.8, 4) is 0 Å². The second-order valence-corrected chi connectivity index (χ2v) is 1.97. The third kappa shape index (κ3) is 2.70. The minimum absolute atomic E-state index is 0. The van der Waals surface area contributed by atoms with Gasteiger partial charge in [-0.1, -0.05) is 6.07 Å². The molecule has 11 heavy (non-hydrogen) atoms. The topological polar surface area (TPSA) is 50.2 Å². The first kappa shape index (κ1) is 10.1. The van der Waals surface area contributed by atoms with E-state index in [0.717, 1.165) is 5.69 Å². The van der Waals surface area contributed by atoms with Gasteiger partial charge in [0.1, 0.15) is 5.69 Å². The van der Waals surface area contributed by atoms with Gasteiger partial charge < -0.3 is 5.11 Å². The van der Waals surface area contributed by atoms with E-state index in [9.17, 15) is 4.79 Å². The van der Waals surface area contributed by atoms with E-state index in [1.165, 1.54) is 6.07 Å². The third-order valence-electron chi connectivity index (χ3n) is 1.11. The molecule has 4 heteroatoms. The van der Waals surface area contributed by atoms with E-state index in [0.29, 0.717) is 0 Å². The summed E-state index contributed by atoms with van der Waals surface area (Å²) in [5, 5.41) is 8.45. The number of carbonyl (C=O) groups is 1. The van der Waals surface area contributed by atoms with E-state index < -0.39 is 5.97 Å². The van der Waals surface area contributed by atoms with Gasteiger partial charge in [0.05, 0.1) is 0 Å². The molecular formula is C7H7CuNO2+2. The Kier molecular flexibility index (Phi) is 3.79. The molecule has 0 spiro atoms. The number of aryl methyl sites for hydroxylation is 1. The Bertz CT molecular complexity index is 262. The second-order valence-electron chi connectivity index (χ2n) is 1.97. The molecule has 1 radical (unpaired) electrons. The molecule has 0 aliphatic heterocycles. The molecule has 0 aliphatic rings. The summed E-state index contributed by atoms with van der Waals surface area (Å²) in [7, 11) is 0. The average Bonchev–Trinajstić information content (AvgIpc) is 1.88. The van der Waals surface area contributed by atoms with E-state index in [1.54, 1.807) is 19.1 Å². The van der Waals surface area contributed by atoms with Crippen molar-refractivity contribution >= 4 is 5.97 Å². The number of rotatable bonds is 1. The number of carboxylic acids is 1. The summed E-state index contributed by atoms with van der Waals surface area (Å²) < 4.78 is 0. The zero-order valence-corrected chi connectivity index (χ0v) is 6.78. The summed E-state index contributed by atoms with van der Waals surface area (Å²) in [6, 6.07) is 4.90. The summed E-state index contributed by atoms with van der Waals surface area (Å²) in [4.78, 5) is 14.1. The third-order valence-corrected chi connectivity index (χ3v) is 1.11. The van der Waals surface area contributed by atoms with Crippen LogP contribution in [0.15, 0.2) is 18.2 Å². The van der Waals surface area contributed by atoms with Crippen molar-refractivity contribution in [2.24, 2.45) is 0 Å². The molecule has 0 aromatic carbocycles. The molecule has 3 nitrogen and oxygen atoms in total. The first-order valence-electron chi connectivity index (χ1n) is 2.87. The van der Waals surface area contributed by atoms with Gasteiger partial charge in [0, 0.05) is 5.69 Å². The molecule has 0 atom stereocenters. The molecule has 1 N–H and O–H groups in total. The first-order valence-corrected chi connectivity index (χ1v) is 2.87. The molecule has 1 heterocycles. The molecule has 0 aliphatic carbocycles. The number of aromatic nitrogens is 1. The van der Waals surface area contributed by atoms with Crippen molar-refractivity contribution in [1.82, 2.24) is 4.98 Å². The van der Waals surface area contributed by atoms with Gasteiger partial charge in [0.25, 0.3) is 0 Å². The molecule has 0 saturated carbocycles. The summed E-state index contributed by atoms with van der Waals surface area (Å²) in [5.74, 6) is -0.983. The van der Waals surface area contributed by atoms with Crippen LogP contribution >= 0.6 is 0 Å². The van der Waals surface area contributed by atoms with Gasteiger partial charge in [-0.05, 0) is 19.1 Å². The Hall–Kier alpha value is -0.861. The van der Waals surface area contributed by atoms with Crippen molar-refractivity contribution in [3.05, 3.63) is 29.6 Å². The predicted octanol–water partition coefficient (Wildman–Crippen LogP) is 1.09. The van der Waals surface area contributed by atoms with Gasteiger partial charge in [0.2, 0.25) is 0 Å². The molecule has 0 amide bonds. The number of carboxylic acid groups (broad SMARTS) is 1. The van der Waals surface area contributed by atoms with E-state index in [-0.39, 0.29) is 22.8 Å². The van der Waals surface area contributed by atoms with E-state index in [2.05, 4.69) is 4.98 Å². The Morgan fingerprint density at radius 2 is 2.18 bits per heavy atom. The minimum atomic E-state index is -0.983. The second kappa shape index (κ2) is 4.11. The Morgan fingerprint density at radius 1 is 1.55 bits per heavy atom. The summed E-state index contributed by atoms with van der Waals surface area (Å²) in [6.07, 6.45) is 0. The van der Waals surface area contributed by atoms with Gasteiger partial charge >= 0.3 is 23.0 Å². The van der Waals surface area contributed by atoms with Gasteiger partial charge in [-0.3, -0.25) is 0 Å². The fourth-order valence-corrected chi connectivity index (χ4v) is 0.662. The Balaban J connectivity index is 0.000001000. The normalized spacial score (nSPS) is 8.45. The molecule has 1 rings (SSSR count). The van der Waals surface area contributed by atoms with Crippen LogP contribution in [0, 0.1) is 6.92 Å². The van der Waals surface area contributed by atoms with Gasteiger partial charge in [0.15, 0.2) is 0 Å². The van der Waals surface area contributed by atoms with Crippen LogP contribution in [0.25, 0.3) is 0 Å². The quantitative estimate of drug-likeness (QED) is 0.691. The SMILES string of the molecule is Cc1cccc(C(=O)O)n1.[Cu+2]. The Labute approximate surface area is 74.9 Å². The fraction of sp³-hybridized carbons (Fsp3) is 0.143. The van der Waals surface area contributed by atoms with Crippen molar-refractivity contribution in [2.75, 3.05) is 0 Å². The van der Waals surface area contributed by atoms with Crippen LogP contribution in [0.2, 0.25) is 0 Å². The van der Waals surface area contributed by atoms with Crippen LogP contribution in [0.1, 0.15) is 16.2 Å². The molecule has 0 fully saturated rings. The van der Waals surface area contributed by atoms with Crippen LogP contribution in [0.4, 0.5) is 0 Å². The van der Waals surface area contributed by atoms with Gasteiger partial charge in [-0.25, -0.2) is 9.78 Å². The van der Waals surface area contributed by atoms with Crippen LogP contribution in [-0.4, -0.2) is 16.1 Å². The zero-order valence-electron chi connectivity index (χ0n) is 5.84. The van der Waals surface area contributed by atoms with Crippen LogP contribution in [0.3, 0.4) is 0 Å². The monoisotopic (exact) mass is 200 g/mol. The predicted molar refractivity (Wildman–Crippen MR) is 35.9 cm³/mol. The smallest absolute Gasteiger partial charge is 0.477 e. The summed E-state index contributed by atoms with van der Waals surface area (Å²) >= 11 is 0. The molecule has 1 aromatic rings. The molecule has 0 bridgehead atoms. The molecular weight excluding hydrogens is 194 g/mol. The minimum Gasteiger partial charge on any atom is -0.477 e. The summed E-state index contributed by atoms with van der Waals surface area (Å²) in [5.41, 5.74) is 0.819. The number of pyridine rings is 1. The van der Waals surface area contributed by atoms with E-state index in [1.807, 2.05) is 0 Å². The largest absolute Gasteiger partial charge is 2.00 e. The summed E-state index contributed by atoms with van der Waals surface area (Å²) in [6.45, 7) is 1.76. The maximum Gasteiger partial charge on any atom is 2.00 e. The molecule has 0 unspecified atom stereocenters. The molecule has 1 aromatic heterocycles. The van der Waals surface area contributed by atoms with Gasteiger partial charge in [-0.15, -0.1) is 0 Å². The van der Waals surface area contributed by atoms with E-state index in [4.69, 9.17) is 5.11 Å². The Morgan fingerprint density at radius 3 is 2.55 bits per heavy atom. The standard InChI is InChI=1S/C7H7NO2.Cu/c1-5-3-2-4-6(8-5)7(9)10;/h2-4H,1H3,(H,9,10);/q;+2.